The normalized spacial score (nSPS) is 19.4. The van der Waals surface area contributed by atoms with Crippen molar-refractivity contribution in [1.29, 1.82) is 0 Å². The number of hydrogen-bond donors (Lipinski definition) is 1. The zero-order valence-corrected chi connectivity index (χ0v) is 13.9. The monoisotopic (exact) mass is 331 g/mol. The molecule has 1 aromatic rings. The van der Waals surface area contributed by atoms with Crippen LogP contribution in [0.2, 0.25) is 0 Å². The molecule has 2 heterocycles. The van der Waals surface area contributed by atoms with Crippen molar-refractivity contribution in [2.75, 3.05) is 39.3 Å². The smallest absolute Gasteiger partial charge is 0.410 e. The highest BCUT2D eigenvalue weighted by Crippen LogP contribution is 2.19. The van der Waals surface area contributed by atoms with E-state index in [9.17, 15) is 9.59 Å². The van der Waals surface area contributed by atoms with Gasteiger partial charge in [-0.25, -0.2) is 4.79 Å². The van der Waals surface area contributed by atoms with Crippen molar-refractivity contribution in [1.82, 2.24) is 15.1 Å². The van der Waals surface area contributed by atoms with Crippen LogP contribution < -0.4 is 5.32 Å². The zero-order chi connectivity index (χ0) is 16.8. The summed E-state index contributed by atoms with van der Waals surface area (Å²) in [5, 5.41) is 3.09. The van der Waals surface area contributed by atoms with Gasteiger partial charge in [0.2, 0.25) is 5.91 Å². The Morgan fingerprint density at radius 1 is 1.17 bits per heavy atom. The van der Waals surface area contributed by atoms with E-state index < -0.39 is 0 Å². The highest BCUT2D eigenvalue weighted by molar-refractivity contribution is 5.79. The van der Waals surface area contributed by atoms with E-state index in [1.165, 1.54) is 0 Å². The standard InChI is InChI=1S/C18H25N3O3/c22-17-12-19-8-11-21(17)13-15-6-9-20(10-7-15)18(23)24-14-16-4-2-1-3-5-16/h1-5,15,19H,6-14H2. The highest BCUT2D eigenvalue weighted by atomic mass is 16.6. The molecule has 1 N–H and O–H groups in total. The van der Waals surface area contributed by atoms with Crippen LogP contribution in [0.15, 0.2) is 30.3 Å². The summed E-state index contributed by atoms with van der Waals surface area (Å²) < 4.78 is 5.38. The maximum Gasteiger partial charge on any atom is 0.410 e. The minimum atomic E-state index is -0.240. The van der Waals surface area contributed by atoms with Crippen molar-refractivity contribution in [2.24, 2.45) is 5.92 Å². The lowest BCUT2D eigenvalue weighted by atomic mass is 9.96. The fourth-order valence-electron chi connectivity index (χ4n) is 3.26. The third kappa shape index (κ3) is 4.47. The summed E-state index contributed by atoms with van der Waals surface area (Å²) in [5.74, 6) is 0.663. The average molecular weight is 331 g/mol. The van der Waals surface area contributed by atoms with Crippen LogP contribution in [-0.4, -0.2) is 61.1 Å². The molecule has 1 aromatic carbocycles. The van der Waals surface area contributed by atoms with Crippen molar-refractivity contribution in [3.63, 3.8) is 0 Å². The van der Waals surface area contributed by atoms with Gasteiger partial charge in [0.15, 0.2) is 0 Å². The van der Waals surface area contributed by atoms with Crippen LogP contribution in [0, 0.1) is 5.92 Å². The fraction of sp³-hybridized carbons (Fsp3) is 0.556. The molecule has 130 valence electrons. The maximum atomic E-state index is 12.2. The van der Waals surface area contributed by atoms with Gasteiger partial charge in [-0.05, 0) is 24.3 Å². The Hall–Kier alpha value is -2.08. The summed E-state index contributed by atoms with van der Waals surface area (Å²) >= 11 is 0. The number of nitrogens with one attached hydrogen (secondary N) is 1. The van der Waals surface area contributed by atoms with E-state index in [0.717, 1.165) is 38.0 Å². The van der Waals surface area contributed by atoms with Crippen LogP contribution in [0.25, 0.3) is 0 Å². The summed E-state index contributed by atoms with van der Waals surface area (Å²) in [7, 11) is 0. The minimum absolute atomic E-state index is 0.186. The Bertz CT molecular complexity index is 556. The molecular formula is C18H25N3O3. The Balaban J connectivity index is 1.39. The number of hydrogen-bond acceptors (Lipinski definition) is 4. The molecular weight excluding hydrogens is 306 g/mol. The van der Waals surface area contributed by atoms with Crippen molar-refractivity contribution in [3.05, 3.63) is 35.9 Å². The van der Waals surface area contributed by atoms with E-state index in [4.69, 9.17) is 4.74 Å². The molecule has 2 fully saturated rings. The molecule has 2 aliphatic heterocycles. The fourth-order valence-corrected chi connectivity index (χ4v) is 3.26. The topological polar surface area (TPSA) is 61.9 Å². The van der Waals surface area contributed by atoms with E-state index in [1.54, 1.807) is 4.90 Å². The number of amides is 2. The molecule has 0 spiro atoms. The van der Waals surface area contributed by atoms with Gasteiger partial charge in [0.25, 0.3) is 0 Å². The number of benzene rings is 1. The zero-order valence-electron chi connectivity index (χ0n) is 13.9. The molecule has 2 amide bonds. The van der Waals surface area contributed by atoms with Gasteiger partial charge in [-0.15, -0.1) is 0 Å². The number of nitrogens with zero attached hydrogens (tertiary/aromatic N) is 2. The summed E-state index contributed by atoms with van der Waals surface area (Å²) in [6, 6.07) is 9.71. The predicted molar refractivity (Wildman–Crippen MR) is 90.4 cm³/mol. The lowest BCUT2D eigenvalue weighted by molar-refractivity contribution is -0.132. The van der Waals surface area contributed by atoms with Crippen molar-refractivity contribution in [2.45, 2.75) is 19.4 Å². The van der Waals surface area contributed by atoms with E-state index in [2.05, 4.69) is 5.32 Å². The first-order chi connectivity index (χ1) is 11.7. The first-order valence-corrected chi connectivity index (χ1v) is 8.66. The lowest BCUT2D eigenvalue weighted by Gasteiger charge is -2.35. The van der Waals surface area contributed by atoms with Crippen molar-refractivity contribution < 1.29 is 14.3 Å². The van der Waals surface area contributed by atoms with Crippen molar-refractivity contribution in [3.8, 4) is 0 Å². The van der Waals surface area contributed by atoms with Gasteiger partial charge in [0, 0.05) is 32.7 Å². The largest absolute Gasteiger partial charge is 0.445 e. The third-order valence-electron chi connectivity index (χ3n) is 4.74. The van der Waals surface area contributed by atoms with Gasteiger partial charge < -0.3 is 19.9 Å². The molecule has 6 nitrogen and oxygen atoms in total. The highest BCUT2D eigenvalue weighted by Gasteiger charge is 2.27. The van der Waals surface area contributed by atoms with Crippen molar-refractivity contribution >= 4 is 12.0 Å². The predicted octanol–water partition coefficient (Wildman–Crippen LogP) is 1.47. The van der Waals surface area contributed by atoms with Crippen LogP contribution in [0.4, 0.5) is 4.79 Å². The number of carbonyl (C=O) groups excluding carboxylic acids is 2. The molecule has 3 rings (SSSR count). The summed E-state index contributed by atoms with van der Waals surface area (Å²) in [6.45, 7) is 4.65. The molecule has 0 bridgehead atoms. The lowest BCUT2D eigenvalue weighted by Crippen LogP contribution is -2.50. The molecule has 0 atom stereocenters. The quantitative estimate of drug-likeness (QED) is 0.907. The molecule has 0 unspecified atom stereocenters. The number of carbonyl (C=O) groups is 2. The van der Waals surface area contributed by atoms with E-state index >= 15 is 0 Å². The van der Waals surface area contributed by atoms with Crippen LogP contribution in [0.3, 0.4) is 0 Å². The van der Waals surface area contributed by atoms with Crippen LogP contribution >= 0.6 is 0 Å². The molecule has 24 heavy (non-hydrogen) atoms. The van der Waals surface area contributed by atoms with Gasteiger partial charge >= 0.3 is 6.09 Å². The number of rotatable bonds is 4. The molecule has 0 saturated carbocycles. The average Bonchev–Trinajstić information content (AvgIpc) is 2.63. The summed E-state index contributed by atoms with van der Waals surface area (Å²) in [6.07, 6.45) is 1.62. The maximum absolute atomic E-state index is 12.2. The molecule has 2 aliphatic rings. The Kier molecular flexibility index (Phi) is 5.69. The first kappa shape index (κ1) is 16.8. The van der Waals surface area contributed by atoms with Gasteiger partial charge in [0.1, 0.15) is 6.61 Å². The number of piperazine rings is 1. The number of piperidine rings is 1. The second kappa shape index (κ2) is 8.15. The Labute approximate surface area is 142 Å². The van der Waals surface area contributed by atoms with Gasteiger partial charge in [-0.1, -0.05) is 30.3 Å². The SMILES string of the molecule is O=C1CNCCN1CC1CCN(C(=O)OCc2ccccc2)CC1. The van der Waals surface area contributed by atoms with Crippen LogP contribution in [0.1, 0.15) is 18.4 Å². The molecule has 6 heteroatoms. The van der Waals surface area contributed by atoms with Crippen LogP contribution in [-0.2, 0) is 16.1 Å². The number of likely N-dealkylation sites (tertiary alicyclic amines) is 1. The Morgan fingerprint density at radius 2 is 1.92 bits per heavy atom. The van der Waals surface area contributed by atoms with E-state index in [1.807, 2.05) is 35.2 Å². The van der Waals surface area contributed by atoms with Gasteiger partial charge in [-0.2, -0.15) is 0 Å². The first-order valence-electron chi connectivity index (χ1n) is 8.66. The van der Waals surface area contributed by atoms with E-state index in [0.29, 0.717) is 32.2 Å². The van der Waals surface area contributed by atoms with Gasteiger partial charge in [-0.3, -0.25) is 4.79 Å². The second-order valence-corrected chi connectivity index (χ2v) is 6.49. The molecule has 0 aliphatic carbocycles. The third-order valence-corrected chi connectivity index (χ3v) is 4.74. The Morgan fingerprint density at radius 3 is 2.62 bits per heavy atom. The molecule has 0 radical (unpaired) electrons. The van der Waals surface area contributed by atoms with E-state index in [-0.39, 0.29) is 12.0 Å². The number of ether oxygens (including phenoxy) is 1. The molecule has 2 saturated heterocycles. The second-order valence-electron chi connectivity index (χ2n) is 6.49. The summed E-state index contributed by atoms with van der Waals surface area (Å²) in [4.78, 5) is 27.7. The van der Waals surface area contributed by atoms with Crippen LogP contribution in [0.5, 0.6) is 0 Å². The molecule has 0 aromatic heterocycles. The van der Waals surface area contributed by atoms with Gasteiger partial charge in [0.05, 0.1) is 6.54 Å². The summed E-state index contributed by atoms with van der Waals surface area (Å²) in [5.41, 5.74) is 0.998. The minimum Gasteiger partial charge on any atom is -0.445 e.